The highest BCUT2D eigenvalue weighted by molar-refractivity contribution is 5.30. The van der Waals surface area contributed by atoms with Gasteiger partial charge in [0, 0.05) is 38.6 Å². The van der Waals surface area contributed by atoms with Gasteiger partial charge in [-0.1, -0.05) is 37.3 Å². The highest BCUT2D eigenvalue weighted by atomic mass is 15.3. The molecule has 4 nitrogen and oxygen atoms in total. The Bertz CT molecular complexity index is 665. The van der Waals surface area contributed by atoms with Crippen molar-refractivity contribution < 1.29 is 0 Å². The third kappa shape index (κ3) is 3.54. The Labute approximate surface area is 150 Å². The average Bonchev–Trinajstić information content (AvgIpc) is 2.69. The maximum absolute atomic E-state index is 4.43. The van der Waals surface area contributed by atoms with Crippen LogP contribution in [0.15, 0.2) is 48.8 Å². The van der Waals surface area contributed by atoms with Gasteiger partial charge in [-0.25, -0.2) is 9.97 Å². The Hall–Kier alpha value is -1.94. The Morgan fingerprint density at radius 3 is 2.44 bits per heavy atom. The zero-order chi connectivity index (χ0) is 17.1. The summed E-state index contributed by atoms with van der Waals surface area (Å²) in [7, 11) is 0. The molecular weight excluding hydrogens is 308 g/mol. The number of rotatable bonds is 3. The van der Waals surface area contributed by atoms with E-state index in [4.69, 9.17) is 0 Å². The molecule has 1 atom stereocenters. The second-order valence-electron chi connectivity index (χ2n) is 7.68. The zero-order valence-corrected chi connectivity index (χ0v) is 15.1. The lowest BCUT2D eigenvalue weighted by Crippen LogP contribution is -2.51. The third-order valence-corrected chi connectivity index (χ3v) is 6.09. The Morgan fingerprint density at radius 2 is 1.76 bits per heavy atom. The first-order valence-corrected chi connectivity index (χ1v) is 9.57. The normalized spacial score (nSPS) is 23.7. The van der Waals surface area contributed by atoms with Gasteiger partial charge in [-0.15, -0.1) is 0 Å². The summed E-state index contributed by atoms with van der Waals surface area (Å²) in [6.07, 6.45) is 7.49. The summed E-state index contributed by atoms with van der Waals surface area (Å²) in [6.45, 7) is 8.04. The monoisotopic (exact) mass is 336 g/mol. The van der Waals surface area contributed by atoms with Crippen molar-refractivity contribution in [2.45, 2.75) is 32.1 Å². The van der Waals surface area contributed by atoms with E-state index in [1.54, 1.807) is 0 Å². The number of nitrogens with zero attached hydrogens (tertiary/aromatic N) is 4. The average molecular weight is 336 g/mol. The fourth-order valence-corrected chi connectivity index (χ4v) is 4.69. The third-order valence-electron chi connectivity index (χ3n) is 6.09. The molecule has 0 saturated carbocycles. The standard InChI is InChI=1S/C21H28N4/c1-2-24-16-19(18-7-4-3-5-8-18)15-21(17-24)9-13-25(14-10-21)20-22-11-6-12-23-20/h3-8,11-12,19H,2,9-10,13-17H2,1H3/t19-/m0/s1. The molecule has 0 aliphatic carbocycles. The molecule has 4 heteroatoms. The molecule has 3 heterocycles. The second kappa shape index (κ2) is 7.12. The van der Waals surface area contributed by atoms with Crippen LogP contribution in [0.1, 0.15) is 37.7 Å². The van der Waals surface area contributed by atoms with Crippen LogP contribution in [0.5, 0.6) is 0 Å². The van der Waals surface area contributed by atoms with Gasteiger partial charge in [0.2, 0.25) is 5.95 Å². The van der Waals surface area contributed by atoms with Gasteiger partial charge in [-0.05, 0) is 48.8 Å². The van der Waals surface area contributed by atoms with E-state index in [9.17, 15) is 0 Å². The summed E-state index contributed by atoms with van der Waals surface area (Å²) < 4.78 is 0. The number of piperidine rings is 2. The molecule has 1 aromatic heterocycles. The van der Waals surface area contributed by atoms with E-state index in [1.165, 1.54) is 37.9 Å². The summed E-state index contributed by atoms with van der Waals surface area (Å²) in [5.41, 5.74) is 1.95. The molecule has 0 unspecified atom stereocenters. The van der Waals surface area contributed by atoms with Gasteiger partial charge in [0.25, 0.3) is 0 Å². The predicted molar refractivity (Wildman–Crippen MR) is 102 cm³/mol. The van der Waals surface area contributed by atoms with E-state index in [1.807, 2.05) is 18.5 Å². The van der Waals surface area contributed by atoms with Crippen LogP contribution >= 0.6 is 0 Å². The zero-order valence-electron chi connectivity index (χ0n) is 15.1. The first kappa shape index (κ1) is 16.5. The minimum atomic E-state index is 0.444. The minimum Gasteiger partial charge on any atom is -0.341 e. The molecule has 2 fully saturated rings. The van der Waals surface area contributed by atoms with Crippen LogP contribution in [0.25, 0.3) is 0 Å². The topological polar surface area (TPSA) is 32.3 Å². The number of benzene rings is 1. The highest BCUT2D eigenvalue weighted by Gasteiger charge is 2.42. The van der Waals surface area contributed by atoms with Gasteiger partial charge >= 0.3 is 0 Å². The van der Waals surface area contributed by atoms with Crippen LogP contribution in [0.4, 0.5) is 5.95 Å². The van der Waals surface area contributed by atoms with Gasteiger partial charge in [0.1, 0.15) is 0 Å². The number of likely N-dealkylation sites (tertiary alicyclic amines) is 1. The van der Waals surface area contributed by atoms with Gasteiger partial charge < -0.3 is 9.80 Å². The van der Waals surface area contributed by atoms with Crippen molar-refractivity contribution in [3.8, 4) is 0 Å². The summed E-state index contributed by atoms with van der Waals surface area (Å²) in [5.74, 6) is 1.55. The van der Waals surface area contributed by atoms with E-state index in [-0.39, 0.29) is 0 Å². The van der Waals surface area contributed by atoms with E-state index in [0.717, 1.165) is 25.6 Å². The Morgan fingerprint density at radius 1 is 1.04 bits per heavy atom. The van der Waals surface area contributed by atoms with Crippen LogP contribution in [0, 0.1) is 5.41 Å². The second-order valence-corrected chi connectivity index (χ2v) is 7.68. The minimum absolute atomic E-state index is 0.444. The molecule has 0 amide bonds. The SMILES string of the molecule is CCN1C[C@@H](c2ccccc2)CC2(CCN(c3ncccn3)CC2)C1. The Balaban J connectivity index is 1.49. The number of hydrogen-bond acceptors (Lipinski definition) is 4. The molecular formula is C21H28N4. The molecule has 2 aliphatic heterocycles. The van der Waals surface area contributed by atoms with E-state index >= 15 is 0 Å². The van der Waals surface area contributed by atoms with Crippen LogP contribution < -0.4 is 4.90 Å². The van der Waals surface area contributed by atoms with Crippen molar-refractivity contribution in [3.05, 3.63) is 54.4 Å². The van der Waals surface area contributed by atoms with E-state index < -0.39 is 0 Å². The van der Waals surface area contributed by atoms with Gasteiger partial charge in [0.05, 0.1) is 0 Å². The summed E-state index contributed by atoms with van der Waals surface area (Å²) in [4.78, 5) is 13.9. The van der Waals surface area contributed by atoms with Crippen LogP contribution in [0.2, 0.25) is 0 Å². The molecule has 4 rings (SSSR count). The first-order chi connectivity index (χ1) is 12.3. The molecule has 2 aromatic rings. The van der Waals surface area contributed by atoms with Crippen LogP contribution in [0.3, 0.4) is 0 Å². The van der Waals surface area contributed by atoms with Crippen molar-refractivity contribution in [1.82, 2.24) is 14.9 Å². The molecule has 0 N–H and O–H groups in total. The maximum atomic E-state index is 4.43. The molecule has 2 saturated heterocycles. The fraction of sp³-hybridized carbons (Fsp3) is 0.524. The van der Waals surface area contributed by atoms with Crippen molar-refractivity contribution in [2.75, 3.05) is 37.6 Å². The van der Waals surface area contributed by atoms with Gasteiger partial charge in [-0.3, -0.25) is 0 Å². The maximum Gasteiger partial charge on any atom is 0.225 e. The first-order valence-electron chi connectivity index (χ1n) is 9.57. The lowest BCUT2D eigenvalue weighted by atomic mass is 9.68. The van der Waals surface area contributed by atoms with Crippen molar-refractivity contribution in [3.63, 3.8) is 0 Å². The van der Waals surface area contributed by atoms with E-state index in [2.05, 4.69) is 57.0 Å². The van der Waals surface area contributed by atoms with Crippen LogP contribution in [-0.4, -0.2) is 47.6 Å². The largest absolute Gasteiger partial charge is 0.341 e. The molecule has 1 aromatic carbocycles. The number of likely N-dealkylation sites (N-methyl/N-ethyl adjacent to an activating group) is 1. The number of hydrogen-bond donors (Lipinski definition) is 0. The van der Waals surface area contributed by atoms with Crippen molar-refractivity contribution in [2.24, 2.45) is 5.41 Å². The highest BCUT2D eigenvalue weighted by Crippen LogP contribution is 2.45. The van der Waals surface area contributed by atoms with Crippen LogP contribution in [-0.2, 0) is 0 Å². The number of anilines is 1. The lowest BCUT2D eigenvalue weighted by Gasteiger charge is -2.50. The molecule has 1 spiro atoms. The summed E-state index contributed by atoms with van der Waals surface area (Å²) >= 11 is 0. The molecule has 2 aliphatic rings. The number of aromatic nitrogens is 2. The Kier molecular flexibility index (Phi) is 4.71. The lowest BCUT2D eigenvalue weighted by molar-refractivity contribution is 0.0542. The van der Waals surface area contributed by atoms with Gasteiger partial charge in [-0.2, -0.15) is 0 Å². The van der Waals surface area contributed by atoms with Crippen molar-refractivity contribution >= 4 is 5.95 Å². The summed E-state index contributed by atoms with van der Waals surface area (Å²) in [6, 6.07) is 13.0. The quantitative estimate of drug-likeness (QED) is 0.858. The predicted octanol–water partition coefficient (Wildman–Crippen LogP) is 3.57. The van der Waals surface area contributed by atoms with Crippen molar-refractivity contribution in [1.29, 1.82) is 0 Å². The summed E-state index contributed by atoms with van der Waals surface area (Å²) in [5, 5.41) is 0. The molecule has 25 heavy (non-hydrogen) atoms. The van der Waals surface area contributed by atoms with E-state index in [0.29, 0.717) is 11.3 Å². The molecule has 132 valence electrons. The smallest absolute Gasteiger partial charge is 0.225 e. The fourth-order valence-electron chi connectivity index (χ4n) is 4.69. The van der Waals surface area contributed by atoms with Gasteiger partial charge in [0.15, 0.2) is 0 Å². The molecule has 0 radical (unpaired) electrons. The molecule has 0 bridgehead atoms.